The number of hydrogen-bond acceptors (Lipinski definition) is 6. The summed E-state index contributed by atoms with van der Waals surface area (Å²) in [5.41, 5.74) is 1.15. The largest absolute Gasteiger partial charge is 0.483 e. The van der Waals surface area contributed by atoms with Gasteiger partial charge in [-0.2, -0.15) is 0 Å². The normalized spacial score (nSPS) is 29.7. The minimum Gasteiger partial charge on any atom is -0.483 e. The molecule has 2 fully saturated rings. The van der Waals surface area contributed by atoms with Gasteiger partial charge in [-0.1, -0.05) is 18.2 Å². The number of fused-ring (bicyclic) bond motifs is 5. The van der Waals surface area contributed by atoms with E-state index in [1.54, 1.807) is 4.90 Å². The third-order valence-electron chi connectivity index (χ3n) is 6.68. The maximum atomic E-state index is 13.1. The Morgan fingerprint density at radius 3 is 2.68 bits per heavy atom. The summed E-state index contributed by atoms with van der Waals surface area (Å²) in [4.78, 5) is 14.8. The van der Waals surface area contributed by atoms with Crippen LogP contribution in [0.3, 0.4) is 0 Å². The van der Waals surface area contributed by atoms with Gasteiger partial charge in [-0.15, -0.1) is 0 Å². The lowest BCUT2D eigenvalue weighted by atomic mass is 9.82. The molecule has 1 saturated carbocycles. The van der Waals surface area contributed by atoms with Gasteiger partial charge in [-0.3, -0.25) is 4.79 Å². The van der Waals surface area contributed by atoms with Crippen molar-refractivity contribution in [2.75, 3.05) is 32.1 Å². The molecule has 1 aromatic rings. The number of sulfonamides is 1. The maximum Gasteiger partial charge on any atom is 0.260 e. The van der Waals surface area contributed by atoms with Crippen molar-refractivity contribution < 1.29 is 27.8 Å². The predicted molar refractivity (Wildman–Crippen MR) is 115 cm³/mol. The Kier molecular flexibility index (Phi) is 7.15. The van der Waals surface area contributed by atoms with E-state index in [9.17, 15) is 13.2 Å². The molecule has 8 nitrogen and oxygen atoms in total. The number of aliphatic hydroxyl groups excluding tert-OH is 1. The van der Waals surface area contributed by atoms with Gasteiger partial charge in [0.1, 0.15) is 5.75 Å². The van der Waals surface area contributed by atoms with E-state index < -0.39 is 28.7 Å². The number of hydrogen-bond donors (Lipinski definition) is 2. The summed E-state index contributed by atoms with van der Waals surface area (Å²) < 4.78 is 39.5. The summed E-state index contributed by atoms with van der Waals surface area (Å²) in [6.07, 6.45) is 5.29. The fourth-order valence-corrected chi connectivity index (χ4v) is 6.16. The van der Waals surface area contributed by atoms with Crippen molar-refractivity contribution in [1.29, 1.82) is 0 Å². The van der Waals surface area contributed by atoms with Crippen molar-refractivity contribution in [1.82, 2.24) is 9.62 Å². The van der Waals surface area contributed by atoms with Gasteiger partial charge in [0.05, 0.1) is 31.1 Å². The van der Waals surface area contributed by atoms with E-state index >= 15 is 0 Å². The van der Waals surface area contributed by atoms with Crippen LogP contribution >= 0.6 is 0 Å². The maximum absolute atomic E-state index is 13.1. The average molecular weight is 453 g/mol. The Bertz CT molecular complexity index is 869. The van der Waals surface area contributed by atoms with Crippen LogP contribution < -0.4 is 9.46 Å². The number of para-hydroxylation sites is 1. The van der Waals surface area contributed by atoms with E-state index in [-0.39, 0.29) is 24.4 Å². The Morgan fingerprint density at radius 2 is 1.90 bits per heavy atom. The zero-order valence-corrected chi connectivity index (χ0v) is 18.6. The lowest BCUT2D eigenvalue weighted by Gasteiger charge is -2.42. The molecule has 9 heteroatoms. The fraction of sp³-hybridized carbons (Fsp3) is 0.682. The SMILES string of the molecule is O=C1COc2ccccc2C2CCC(CC2)OC[C@H]2[C@@H](NS(=O)(=O)CCO)CCCN12. The van der Waals surface area contributed by atoms with E-state index in [4.69, 9.17) is 14.6 Å². The molecular weight excluding hydrogens is 420 g/mol. The van der Waals surface area contributed by atoms with Crippen molar-refractivity contribution in [3.8, 4) is 5.75 Å². The molecule has 0 aromatic heterocycles. The first-order valence-electron chi connectivity index (χ1n) is 11.2. The van der Waals surface area contributed by atoms with Crippen LogP contribution in [0.15, 0.2) is 24.3 Å². The van der Waals surface area contributed by atoms with E-state index in [0.29, 0.717) is 31.9 Å². The number of nitrogens with one attached hydrogen (secondary N) is 1. The molecule has 0 spiro atoms. The van der Waals surface area contributed by atoms with Crippen molar-refractivity contribution in [3.05, 3.63) is 29.8 Å². The van der Waals surface area contributed by atoms with Gasteiger partial charge < -0.3 is 19.5 Å². The van der Waals surface area contributed by atoms with Crippen LogP contribution in [-0.2, 0) is 19.6 Å². The molecular formula is C22H32N2O6S. The second kappa shape index (κ2) is 9.85. The highest BCUT2D eigenvalue weighted by atomic mass is 32.2. The fourth-order valence-electron chi connectivity index (χ4n) is 5.07. The first-order chi connectivity index (χ1) is 15.0. The minimum atomic E-state index is -3.63. The number of carbonyl (C=O) groups is 1. The molecule has 31 heavy (non-hydrogen) atoms. The number of carbonyl (C=O) groups excluding carboxylic acids is 1. The van der Waals surface area contributed by atoms with Crippen LogP contribution in [0.4, 0.5) is 0 Å². The summed E-state index contributed by atoms with van der Waals surface area (Å²) in [6, 6.07) is 7.10. The van der Waals surface area contributed by atoms with Crippen LogP contribution in [0.25, 0.3) is 0 Å². The van der Waals surface area contributed by atoms with Crippen LogP contribution in [0.1, 0.15) is 50.0 Å². The molecule has 1 aromatic carbocycles. The molecule has 2 atom stereocenters. The molecule has 1 saturated heterocycles. The van der Waals surface area contributed by atoms with E-state index in [1.807, 2.05) is 18.2 Å². The van der Waals surface area contributed by atoms with Gasteiger partial charge in [0.15, 0.2) is 6.61 Å². The van der Waals surface area contributed by atoms with Gasteiger partial charge in [-0.05, 0) is 56.1 Å². The smallest absolute Gasteiger partial charge is 0.260 e. The molecule has 2 bridgehead atoms. The molecule has 1 aliphatic carbocycles. The van der Waals surface area contributed by atoms with Crippen LogP contribution in [0.2, 0.25) is 0 Å². The van der Waals surface area contributed by atoms with Crippen molar-refractivity contribution in [2.45, 2.75) is 62.6 Å². The topological polar surface area (TPSA) is 105 Å². The van der Waals surface area contributed by atoms with E-state index in [0.717, 1.165) is 37.0 Å². The lowest BCUT2D eigenvalue weighted by molar-refractivity contribution is -0.140. The van der Waals surface area contributed by atoms with Crippen LogP contribution in [-0.4, -0.2) is 74.6 Å². The molecule has 2 N–H and O–H groups in total. The zero-order chi connectivity index (χ0) is 21.8. The quantitative estimate of drug-likeness (QED) is 0.715. The minimum absolute atomic E-state index is 0.0836. The molecule has 4 aliphatic rings. The summed E-state index contributed by atoms with van der Waals surface area (Å²) in [6.45, 7) is 0.311. The number of ether oxygens (including phenoxy) is 2. The molecule has 1 amide bonds. The summed E-state index contributed by atoms with van der Waals surface area (Å²) in [5, 5.41) is 9.07. The second-order valence-corrected chi connectivity index (χ2v) is 10.6. The number of nitrogens with zero attached hydrogens (tertiary/aromatic N) is 1. The molecule has 172 valence electrons. The third kappa shape index (κ3) is 5.39. The average Bonchev–Trinajstić information content (AvgIpc) is 2.77. The van der Waals surface area contributed by atoms with E-state index in [2.05, 4.69) is 10.8 Å². The summed E-state index contributed by atoms with van der Waals surface area (Å²) >= 11 is 0. The first kappa shape index (κ1) is 22.5. The number of piperidine rings is 1. The molecule has 0 unspecified atom stereocenters. The molecule has 0 radical (unpaired) electrons. The molecule has 3 aliphatic heterocycles. The van der Waals surface area contributed by atoms with Gasteiger partial charge >= 0.3 is 0 Å². The van der Waals surface area contributed by atoms with Crippen molar-refractivity contribution >= 4 is 15.9 Å². The highest BCUT2D eigenvalue weighted by Gasteiger charge is 2.38. The molecule has 5 rings (SSSR count). The number of rotatable bonds is 4. The van der Waals surface area contributed by atoms with Gasteiger partial charge in [0.2, 0.25) is 10.0 Å². The van der Waals surface area contributed by atoms with Crippen molar-refractivity contribution in [2.24, 2.45) is 0 Å². The highest BCUT2D eigenvalue weighted by molar-refractivity contribution is 7.89. The van der Waals surface area contributed by atoms with Crippen LogP contribution in [0, 0.1) is 0 Å². The number of amides is 1. The number of aliphatic hydroxyl groups is 1. The Morgan fingerprint density at radius 1 is 1.13 bits per heavy atom. The zero-order valence-electron chi connectivity index (χ0n) is 17.7. The molecule has 3 heterocycles. The Hall–Kier alpha value is -1.68. The van der Waals surface area contributed by atoms with E-state index in [1.165, 1.54) is 0 Å². The van der Waals surface area contributed by atoms with Gasteiger partial charge in [0.25, 0.3) is 5.91 Å². The lowest BCUT2D eigenvalue weighted by Crippen LogP contribution is -2.60. The Labute approximate surface area is 184 Å². The Balaban J connectivity index is 1.58. The van der Waals surface area contributed by atoms with Crippen LogP contribution in [0.5, 0.6) is 5.75 Å². The monoisotopic (exact) mass is 452 g/mol. The standard InChI is InChI=1S/C22H32N2O6S/c25-12-13-31(27,28)23-19-5-3-11-24-20(19)14-29-17-9-7-16(8-10-17)18-4-1-2-6-21(18)30-15-22(24)26/h1-2,4,6,16-17,19-20,23,25H,3,5,7-15H2/t16?,17?,19-,20-/m0/s1. The van der Waals surface area contributed by atoms with Crippen molar-refractivity contribution in [3.63, 3.8) is 0 Å². The summed E-state index contributed by atoms with van der Waals surface area (Å²) in [7, 11) is -3.63. The third-order valence-corrected chi connectivity index (χ3v) is 8.06. The highest BCUT2D eigenvalue weighted by Crippen LogP contribution is 2.38. The van der Waals surface area contributed by atoms with Gasteiger partial charge in [0, 0.05) is 12.6 Å². The predicted octanol–water partition coefficient (Wildman–Crippen LogP) is 1.39. The van der Waals surface area contributed by atoms with Gasteiger partial charge in [-0.25, -0.2) is 13.1 Å². The second-order valence-electron chi connectivity index (χ2n) is 8.70. The first-order valence-corrected chi connectivity index (χ1v) is 12.9. The summed E-state index contributed by atoms with van der Waals surface area (Å²) in [5.74, 6) is 0.636. The number of benzene rings is 1.